The molecule has 1 aromatic heterocycles. The lowest BCUT2D eigenvalue weighted by molar-refractivity contribution is -0.385. The Hall–Kier alpha value is -2.18. The Balaban J connectivity index is 2.33. The van der Waals surface area contributed by atoms with Crippen LogP contribution in [0.15, 0.2) is 23.1 Å². The number of hydrogen-bond acceptors (Lipinski definition) is 4. The normalized spacial score (nSPS) is 10.3. The number of aryl methyl sites for hydroxylation is 1. The summed E-state index contributed by atoms with van der Waals surface area (Å²) in [5.74, 6) is 0.0457. The molecule has 0 atom stereocenters. The Bertz CT molecular complexity index is 539. The highest BCUT2D eigenvalue weighted by molar-refractivity contribution is 5.75. The van der Waals surface area contributed by atoms with E-state index in [1.165, 1.54) is 22.9 Å². The van der Waals surface area contributed by atoms with Gasteiger partial charge in [-0.15, -0.1) is 0 Å². The van der Waals surface area contributed by atoms with Crippen molar-refractivity contribution in [1.82, 2.24) is 9.88 Å². The van der Waals surface area contributed by atoms with Gasteiger partial charge in [0, 0.05) is 31.6 Å². The molecule has 21 heavy (non-hydrogen) atoms. The first-order valence-electron chi connectivity index (χ1n) is 7.16. The largest absolute Gasteiger partial charge is 0.356 e. The molecule has 7 heteroatoms. The number of unbranched alkanes of at least 4 members (excludes halogenated alkanes) is 2. The fourth-order valence-electron chi connectivity index (χ4n) is 1.86. The van der Waals surface area contributed by atoms with E-state index in [9.17, 15) is 19.7 Å². The SMILES string of the molecule is CCCCC(=O)NCCCCn1cc([N+](=O)[O-])ccc1=O. The Kier molecular flexibility index (Phi) is 7.14. The molecular weight excluding hydrogens is 274 g/mol. The first-order valence-corrected chi connectivity index (χ1v) is 7.16. The fourth-order valence-corrected chi connectivity index (χ4v) is 1.86. The minimum Gasteiger partial charge on any atom is -0.356 e. The number of nitro groups is 1. The first-order chi connectivity index (χ1) is 10.0. The van der Waals surface area contributed by atoms with E-state index in [0.717, 1.165) is 19.3 Å². The minimum absolute atomic E-state index is 0.0457. The molecule has 7 nitrogen and oxygen atoms in total. The number of nitrogens with one attached hydrogen (secondary N) is 1. The van der Waals surface area contributed by atoms with Crippen LogP contribution in [-0.4, -0.2) is 21.9 Å². The molecule has 0 unspecified atom stereocenters. The predicted molar refractivity (Wildman–Crippen MR) is 79.1 cm³/mol. The van der Waals surface area contributed by atoms with E-state index in [2.05, 4.69) is 5.32 Å². The van der Waals surface area contributed by atoms with Crippen molar-refractivity contribution < 1.29 is 9.72 Å². The van der Waals surface area contributed by atoms with E-state index < -0.39 is 4.92 Å². The zero-order chi connectivity index (χ0) is 15.7. The zero-order valence-electron chi connectivity index (χ0n) is 12.2. The number of carbonyl (C=O) groups is 1. The molecule has 0 aliphatic rings. The summed E-state index contributed by atoms with van der Waals surface area (Å²) >= 11 is 0. The molecule has 1 aromatic rings. The van der Waals surface area contributed by atoms with Crippen LogP contribution in [0, 0.1) is 10.1 Å². The van der Waals surface area contributed by atoms with Crippen LogP contribution in [0.1, 0.15) is 39.0 Å². The van der Waals surface area contributed by atoms with Gasteiger partial charge in [0.25, 0.3) is 11.2 Å². The third-order valence-electron chi connectivity index (χ3n) is 3.08. The van der Waals surface area contributed by atoms with Gasteiger partial charge in [-0.2, -0.15) is 0 Å². The Morgan fingerprint density at radius 1 is 1.33 bits per heavy atom. The molecule has 1 rings (SSSR count). The fraction of sp³-hybridized carbons (Fsp3) is 0.571. The Morgan fingerprint density at radius 3 is 2.76 bits per heavy atom. The van der Waals surface area contributed by atoms with Crippen LogP contribution in [0.2, 0.25) is 0 Å². The van der Waals surface area contributed by atoms with Gasteiger partial charge in [-0.25, -0.2) is 0 Å². The van der Waals surface area contributed by atoms with Crippen LogP contribution in [-0.2, 0) is 11.3 Å². The number of aromatic nitrogens is 1. The smallest absolute Gasteiger partial charge is 0.285 e. The highest BCUT2D eigenvalue weighted by Crippen LogP contribution is 2.07. The van der Waals surface area contributed by atoms with E-state index in [4.69, 9.17) is 0 Å². The summed E-state index contributed by atoms with van der Waals surface area (Å²) in [6.45, 7) is 3.00. The first kappa shape index (κ1) is 16.9. The summed E-state index contributed by atoms with van der Waals surface area (Å²) in [5, 5.41) is 13.5. The van der Waals surface area contributed by atoms with Crippen molar-refractivity contribution in [3.05, 3.63) is 38.8 Å². The lowest BCUT2D eigenvalue weighted by atomic mass is 10.2. The van der Waals surface area contributed by atoms with Crippen molar-refractivity contribution in [1.29, 1.82) is 0 Å². The van der Waals surface area contributed by atoms with Crippen molar-refractivity contribution in [3.63, 3.8) is 0 Å². The summed E-state index contributed by atoms with van der Waals surface area (Å²) in [7, 11) is 0. The van der Waals surface area contributed by atoms with Crippen LogP contribution in [0.5, 0.6) is 0 Å². The molecule has 1 heterocycles. The number of hydrogen-bond donors (Lipinski definition) is 1. The quantitative estimate of drug-likeness (QED) is 0.427. The molecule has 0 saturated heterocycles. The summed E-state index contributed by atoms with van der Waals surface area (Å²) in [4.78, 5) is 33.0. The second-order valence-electron chi connectivity index (χ2n) is 4.84. The van der Waals surface area contributed by atoms with Crippen LogP contribution < -0.4 is 10.9 Å². The summed E-state index contributed by atoms with van der Waals surface area (Å²) in [5.41, 5.74) is -0.352. The van der Waals surface area contributed by atoms with Gasteiger partial charge in [0.2, 0.25) is 5.91 Å². The number of carbonyl (C=O) groups excluding carboxylic acids is 1. The van der Waals surface area contributed by atoms with Gasteiger partial charge in [-0.3, -0.25) is 19.7 Å². The number of amides is 1. The van der Waals surface area contributed by atoms with E-state index >= 15 is 0 Å². The average molecular weight is 295 g/mol. The summed E-state index contributed by atoms with van der Waals surface area (Å²) in [6, 6.07) is 2.40. The highest BCUT2D eigenvalue weighted by Gasteiger charge is 2.07. The average Bonchev–Trinajstić information content (AvgIpc) is 2.46. The molecule has 0 aliphatic heterocycles. The van der Waals surface area contributed by atoms with Gasteiger partial charge in [-0.05, 0) is 19.3 Å². The van der Waals surface area contributed by atoms with Gasteiger partial charge < -0.3 is 9.88 Å². The van der Waals surface area contributed by atoms with E-state index in [1.54, 1.807) is 0 Å². The lowest BCUT2D eigenvalue weighted by Gasteiger charge is -2.06. The highest BCUT2D eigenvalue weighted by atomic mass is 16.6. The maximum Gasteiger partial charge on any atom is 0.285 e. The lowest BCUT2D eigenvalue weighted by Crippen LogP contribution is -2.25. The van der Waals surface area contributed by atoms with Crippen LogP contribution in [0.4, 0.5) is 5.69 Å². The van der Waals surface area contributed by atoms with E-state index in [0.29, 0.717) is 25.9 Å². The molecule has 0 spiro atoms. The summed E-state index contributed by atoms with van der Waals surface area (Å²) in [6.07, 6.45) is 5.07. The molecule has 1 amide bonds. The molecule has 116 valence electrons. The molecule has 0 fully saturated rings. The van der Waals surface area contributed by atoms with E-state index in [1.807, 2.05) is 6.92 Å². The molecule has 0 bridgehead atoms. The van der Waals surface area contributed by atoms with Crippen LogP contribution >= 0.6 is 0 Å². The standard InChI is InChI=1S/C14H21N3O4/c1-2-3-6-13(18)15-9-4-5-10-16-11-12(17(20)21)7-8-14(16)19/h7-8,11H,2-6,9-10H2,1H3,(H,15,18). The Morgan fingerprint density at radius 2 is 2.10 bits per heavy atom. The third kappa shape index (κ3) is 6.20. The van der Waals surface area contributed by atoms with Crippen LogP contribution in [0.25, 0.3) is 0 Å². The van der Waals surface area contributed by atoms with Gasteiger partial charge in [-0.1, -0.05) is 13.3 Å². The second-order valence-corrected chi connectivity index (χ2v) is 4.84. The number of pyridine rings is 1. The van der Waals surface area contributed by atoms with Gasteiger partial charge in [0.15, 0.2) is 0 Å². The molecule has 1 N–H and O–H groups in total. The predicted octanol–water partition coefficient (Wildman–Crippen LogP) is 1.84. The molecule has 0 saturated carbocycles. The summed E-state index contributed by atoms with van der Waals surface area (Å²) < 4.78 is 1.33. The van der Waals surface area contributed by atoms with Crippen LogP contribution in [0.3, 0.4) is 0 Å². The zero-order valence-corrected chi connectivity index (χ0v) is 12.2. The van der Waals surface area contributed by atoms with Crippen molar-refractivity contribution in [2.24, 2.45) is 0 Å². The van der Waals surface area contributed by atoms with Gasteiger partial charge in [0.1, 0.15) is 0 Å². The van der Waals surface area contributed by atoms with Gasteiger partial charge in [0.05, 0.1) is 11.1 Å². The topological polar surface area (TPSA) is 94.2 Å². The van der Waals surface area contributed by atoms with E-state index in [-0.39, 0.29) is 17.2 Å². The molecule has 0 aliphatic carbocycles. The number of nitrogens with zero attached hydrogens (tertiary/aromatic N) is 2. The van der Waals surface area contributed by atoms with Crippen molar-refractivity contribution in [3.8, 4) is 0 Å². The second kappa shape index (κ2) is 8.89. The Labute approximate surface area is 123 Å². The number of rotatable bonds is 9. The molecule has 0 radical (unpaired) electrons. The van der Waals surface area contributed by atoms with Crippen molar-refractivity contribution in [2.45, 2.75) is 45.6 Å². The van der Waals surface area contributed by atoms with Gasteiger partial charge >= 0.3 is 0 Å². The maximum absolute atomic E-state index is 11.6. The maximum atomic E-state index is 11.6. The van der Waals surface area contributed by atoms with Crippen molar-refractivity contribution >= 4 is 11.6 Å². The van der Waals surface area contributed by atoms with Crippen molar-refractivity contribution in [2.75, 3.05) is 6.54 Å². The third-order valence-corrected chi connectivity index (χ3v) is 3.08. The molecule has 0 aromatic carbocycles. The molecular formula is C14H21N3O4. The monoisotopic (exact) mass is 295 g/mol. The minimum atomic E-state index is -0.524.